The topological polar surface area (TPSA) is 75.7 Å². The molecule has 1 heterocycles. The normalized spacial score (nSPS) is 15.1. The SMILES string of the molecule is Cc1cc(C)cc(COc2ccc(/C=C3\C(=O)NC(=O)N(c4cccc(Cl)c4)C3=O)cc2)c1. The van der Waals surface area contributed by atoms with Gasteiger partial charge < -0.3 is 4.74 Å². The van der Waals surface area contributed by atoms with Crippen molar-refractivity contribution in [1.29, 1.82) is 0 Å². The van der Waals surface area contributed by atoms with Gasteiger partial charge in [0, 0.05) is 5.02 Å². The maximum absolute atomic E-state index is 13.0. The van der Waals surface area contributed by atoms with Gasteiger partial charge in [-0.05, 0) is 61.4 Å². The predicted octanol–water partition coefficient (Wildman–Crippen LogP) is 5.20. The smallest absolute Gasteiger partial charge is 0.335 e. The van der Waals surface area contributed by atoms with E-state index in [9.17, 15) is 14.4 Å². The lowest BCUT2D eigenvalue weighted by Crippen LogP contribution is -2.54. The first-order chi connectivity index (χ1) is 15.8. The highest BCUT2D eigenvalue weighted by Crippen LogP contribution is 2.25. The van der Waals surface area contributed by atoms with Gasteiger partial charge in [0.1, 0.15) is 17.9 Å². The summed E-state index contributed by atoms with van der Waals surface area (Å²) in [6.45, 7) is 4.52. The van der Waals surface area contributed by atoms with Crippen LogP contribution in [-0.2, 0) is 16.2 Å². The molecule has 7 heteroatoms. The highest BCUT2D eigenvalue weighted by molar-refractivity contribution is 6.39. The zero-order valence-electron chi connectivity index (χ0n) is 18.1. The van der Waals surface area contributed by atoms with Gasteiger partial charge in [-0.3, -0.25) is 14.9 Å². The van der Waals surface area contributed by atoms with Crippen LogP contribution in [0, 0.1) is 13.8 Å². The lowest BCUT2D eigenvalue weighted by molar-refractivity contribution is -0.122. The number of halogens is 1. The highest BCUT2D eigenvalue weighted by Gasteiger charge is 2.36. The van der Waals surface area contributed by atoms with Gasteiger partial charge in [0.05, 0.1) is 5.69 Å². The number of carbonyl (C=O) groups excluding carboxylic acids is 3. The minimum absolute atomic E-state index is 0.154. The van der Waals surface area contributed by atoms with E-state index in [1.165, 1.54) is 23.3 Å². The van der Waals surface area contributed by atoms with Gasteiger partial charge >= 0.3 is 6.03 Å². The highest BCUT2D eigenvalue weighted by atomic mass is 35.5. The molecule has 1 aliphatic rings. The Labute approximate surface area is 196 Å². The molecule has 0 atom stereocenters. The third-order valence-corrected chi connectivity index (χ3v) is 5.28. The van der Waals surface area contributed by atoms with Crippen molar-refractivity contribution in [3.63, 3.8) is 0 Å². The Kier molecular flexibility index (Phi) is 6.29. The van der Waals surface area contributed by atoms with E-state index in [0.29, 0.717) is 22.9 Å². The van der Waals surface area contributed by atoms with Crippen molar-refractivity contribution in [3.8, 4) is 5.75 Å². The molecular formula is C26H21ClN2O4. The van der Waals surface area contributed by atoms with Crippen LogP contribution in [0.25, 0.3) is 6.08 Å². The fourth-order valence-corrected chi connectivity index (χ4v) is 3.84. The number of hydrogen-bond donors (Lipinski definition) is 1. The lowest BCUT2D eigenvalue weighted by atomic mass is 10.1. The van der Waals surface area contributed by atoms with E-state index >= 15 is 0 Å². The minimum atomic E-state index is -0.820. The minimum Gasteiger partial charge on any atom is -0.489 e. The number of ether oxygens (including phenoxy) is 1. The van der Waals surface area contributed by atoms with Crippen molar-refractivity contribution in [2.75, 3.05) is 4.90 Å². The summed E-state index contributed by atoms with van der Waals surface area (Å²) in [7, 11) is 0. The molecule has 1 saturated heterocycles. The van der Waals surface area contributed by atoms with Crippen LogP contribution < -0.4 is 15.0 Å². The Morgan fingerprint density at radius 2 is 1.64 bits per heavy atom. The summed E-state index contributed by atoms with van der Waals surface area (Å²) in [4.78, 5) is 38.5. The molecule has 4 amide bonds. The Bertz CT molecular complexity index is 1260. The summed E-state index contributed by atoms with van der Waals surface area (Å²) >= 11 is 5.99. The Morgan fingerprint density at radius 3 is 2.30 bits per heavy atom. The van der Waals surface area contributed by atoms with Crippen LogP contribution in [0.1, 0.15) is 22.3 Å². The molecule has 166 valence electrons. The third-order valence-electron chi connectivity index (χ3n) is 5.05. The molecule has 0 aliphatic carbocycles. The Morgan fingerprint density at radius 1 is 0.939 bits per heavy atom. The number of aryl methyl sites for hydroxylation is 2. The van der Waals surface area contributed by atoms with Crippen LogP contribution in [0.5, 0.6) is 5.75 Å². The maximum atomic E-state index is 13.0. The number of nitrogens with one attached hydrogen (secondary N) is 1. The van der Waals surface area contributed by atoms with Crippen molar-refractivity contribution in [3.05, 3.63) is 99.6 Å². The summed E-state index contributed by atoms with van der Waals surface area (Å²) in [5.41, 5.74) is 4.17. The second-order valence-electron chi connectivity index (χ2n) is 7.79. The number of nitrogens with zero attached hydrogens (tertiary/aromatic N) is 1. The average Bonchev–Trinajstić information content (AvgIpc) is 2.75. The number of anilines is 1. The zero-order chi connectivity index (χ0) is 23.5. The van der Waals surface area contributed by atoms with Gasteiger partial charge in [0.15, 0.2) is 0 Å². The Hall–Kier alpha value is -3.90. The quantitative estimate of drug-likeness (QED) is 0.419. The molecular weight excluding hydrogens is 440 g/mol. The molecule has 0 radical (unpaired) electrons. The first-order valence-corrected chi connectivity index (χ1v) is 10.6. The van der Waals surface area contributed by atoms with E-state index in [4.69, 9.17) is 16.3 Å². The number of amides is 4. The van der Waals surface area contributed by atoms with Crippen molar-refractivity contribution in [2.45, 2.75) is 20.5 Å². The van der Waals surface area contributed by atoms with Gasteiger partial charge in [-0.25, -0.2) is 9.69 Å². The summed E-state index contributed by atoms with van der Waals surface area (Å²) < 4.78 is 5.86. The summed E-state index contributed by atoms with van der Waals surface area (Å²) in [6.07, 6.45) is 1.44. The van der Waals surface area contributed by atoms with Crippen LogP contribution in [0.2, 0.25) is 5.02 Å². The van der Waals surface area contributed by atoms with E-state index in [1.807, 2.05) is 13.8 Å². The molecule has 1 fully saturated rings. The molecule has 1 N–H and O–H groups in total. The Balaban J connectivity index is 1.52. The van der Waals surface area contributed by atoms with E-state index in [0.717, 1.165) is 10.5 Å². The number of carbonyl (C=O) groups is 3. The van der Waals surface area contributed by atoms with Crippen LogP contribution in [0.4, 0.5) is 10.5 Å². The fraction of sp³-hybridized carbons (Fsp3) is 0.115. The number of hydrogen-bond acceptors (Lipinski definition) is 4. The number of benzene rings is 3. The van der Waals surface area contributed by atoms with Crippen molar-refractivity contribution in [2.24, 2.45) is 0 Å². The molecule has 3 aromatic rings. The van der Waals surface area contributed by atoms with Gasteiger partial charge in [-0.15, -0.1) is 0 Å². The van der Waals surface area contributed by atoms with Crippen LogP contribution in [0.15, 0.2) is 72.3 Å². The molecule has 0 unspecified atom stereocenters. The molecule has 6 nitrogen and oxygen atoms in total. The van der Waals surface area contributed by atoms with Crippen LogP contribution >= 0.6 is 11.6 Å². The zero-order valence-corrected chi connectivity index (χ0v) is 18.8. The number of barbiturate groups is 1. The van der Waals surface area contributed by atoms with Gasteiger partial charge in [0.2, 0.25) is 0 Å². The van der Waals surface area contributed by atoms with E-state index in [-0.39, 0.29) is 11.3 Å². The molecule has 1 aliphatic heterocycles. The molecule has 0 spiro atoms. The van der Waals surface area contributed by atoms with Crippen molar-refractivity contribution in [1.82, 2.24) is 5.32 Å². The van der Waals surface area contributed by atoms with Gasteiger partial charge in [-0.2, -0.15) is 0 Å². The van der Waals surface area contributed by atoms with E-state index < -0.39 is 17.8 Å². The first-order valence-electron chi connectivity index (χ1n) is 10.3. The third kappa shape index (κ3) is 5.13. The molecule has 4 rings (SSSR count). The van der Waals surface area contributed by atoms with Crippen LogP contribution in [-0.4, -0.2) is 17.8 Å². The number of imide groups is 2. The summed E-state index contributed by atoms with van der Waals surface area (Å²) in [5.74, 6) is -0.814. The molecule has 0 aromatic heterocycles. The number of rotatable bonds is 5. The molecule has 0 bridgehead atoms. The second-order valence-corrected chi connectivity index (χ2v) is 8.23. The van der Waals surface area contributed by atoms with Crippen molar-refractivity contribution >= 4 is 41.2 Å². The maximum Gasteiger partial charge on any atom is 0.335 e. The monoisotopic (exact) mass is 460 g/mol. The first kappa shape index (κ1) is 22.3. The lowest BCUT2D eigenvalue weighted by Gasteiger charge is -2.26. The average molecular weight is 461 g/mol. The van der Waals surface area contributed by atoms with Crippen molar-refractivity contribution < 1.29 is 19.1 Å². The largest absolute Gasteiger partial charge is 0.489 e. The second kappa shape index (κ2) is 9.30. The fourth-order valence-electron chi connectivity index (χ4n) is 3.65. The van der Waals surface area contributed by atoms with Gasteiger partial charge in [-0.1, -0.05) is 59.1 Å². The van der Waals surface area contributed by atoms with E-state index in [2.05, 4.69) is 23.5 Å². The predicted molar refractivity (Wildman–Crippen MR) is 127 cm³/mol. The molecule has 33 heavy (non-hydrogen) atoms. The standard InChI is InChI=1S/C26H21ClN2O4/c1-16-10-17(2)12-19(11-16)15-33-22-8-6-18(7-9-22)13-23-24(30)28-26(32)29(25(23)31)21-5-3-4-20(27)14-21/h3-14H,15H2,1-2H3,(H,28,30,32)/b23-13+. The summed E-state index contributed by atoms with van der Waals surface area (Å²) in [5, 5.41) is 2.57. The number of urea groups is 1. The molecule has 0 saturated carbocycles. The summed E-state index contributed by atoms with van der Waals surface area (Å²) in [6, 6.07) is 18.7. The van der Waals surface area contributed by atoms with Crippen LogP contribution in [0.3, 0.4) is 0 Å². The van der Waals surface area contributed by atoms with Gasteiger partial charge in [0.25, 0.3) is 11.8 Å². The molecule has 3 aromatic carbocycles. The van der Waals surface area contributed by atoms with E-state index in [1.54, 1.807) is 42.5 Å².